The van der Waals surface area contributed by atoms with Crippen molar-refractivity contribution in [3.63, 3.8) is 0 Å². The quantitative estimate of drug-likeness (QED) is 0.874. The van der Waals surface area contributed by atoms with Crippen LogP contribution in [-0.2, 0) is 4.74 Å². The molecule has 2 N–H and O–H groups in total. The lowest BCUT2D eigenvalue weighted by molar-refractivity contribution is 0.0522. The van der Waals surface area contributed by atoms with E-state index in [-0.39, 0.29) is 12.1 Å². The molecule has 0 fully saturated rings. The first kappa shape index (κ1) is 18.4. The number of nitrogens with one attached hydrogen (secondary N) is 2. The molecule has 4 nitrogen and oxygen atoms in total. The Morgan fingerprint density at radius 3 is 2.23 bits per heavy atom. The number of carbonyl (C=O) groups excluding carboxylic acids is 1. The predicted octanol–water partition coefficient (Wildman–Crippen LogP) is 3.53. The maximum absolute atomic E-state index is 13.2. The molecule has 0 aromatic heterocycles. The van der Waals surface area contributed by atoms with E-state index in [0.717, 1.165) is 6.07 Å². The van der Waals surface area contributed by atoms with Gasteiger partial charge in [0.2, 0.25) is 0 Å². The van der Waals surface area contributed by atoms with Gasteiger partial charge in [-0.05, 0) is 52.3 Å². The van der Waals surface area contributed by atoms with Gasteiger partial charge in [0.25, 0.3) is 0 Å². The standard InChI is InChI=1S/C16H24F2N2O2/c1-10(9-19-15(21)22-16(3,4)5)20-11(2)12-6-13(17)8-14(18)7-12/h6-8,10-11,20H,9H2,1-5H3,(H,19,21). The second kappa shape index (κ2) is 7.54. The normalized spacial score (nSPS) is 14.3. The van der Waals surface area contributed by atoms with Gasteiger partial charge in [0.05, 0.1) is 0 Å². The van der Waals surface area contributed by atoms with Crippen LogP contribution in [0.3, 0.4) is 0 Å². The molecule has 0 spiro atoms. The molecule has 0 aliphatic carbocycles. The minimum Gasteiger partial charge on any atom is -0.444 e. The molecule has 1 amide bonds. The summed E-state index contributed by atoms with van der Waals surface area (Å²) in [4.78, 5) is 11.5. The first-order valence-electron chi connectivity index (χ1n) is 7.25. The Kier molecular flexibility index (Phi) is 6.29. The van der Waals surface area contributed by atoms with E-state index in [1.54, 1.807) is 27.7 Å². The number of rotatable bonds is 5. The zero-order valence-electron chi connectivity index (χ0n) is 13.7. The molecule has 0 saturated heterocycles. The molecule has 1 aromatic rings. The van der Waals surface area contributed by atoms with Crippen LogP contribution in [0.2, 0.25) is 0 Å². The Labute approximate surface area is 130 Å². The highest BCUT2D eigenvalue weighted by Gasteiger charge is 2.17. The van der Waals surface area contributed by atoms with Crippen LogP contribution in [0.4, 0.5) is 13.6 Å². The largest absolute Gasteiger partial charge is 0.444 e. The van der Waals surface area contributed by atoms with Crippen molar-refractivity contribution in [1.82, 2.24) is 10.6 Å². The molecule has 0 aliphatic rings. The smallest absolute Gasteiger partial charge is 0.407 e. The third-order valence-electron chi connectivity index (χ3n) is 2.87. The van der Waals surface area contributed by atoms with Crippen molar-refractivity contribution in [2.75, 3.05) is 6.54 Å². The van der Waals surface area contributed by atoms with Gasteiger partial charge >= 0.3 is 6.09 Å². The van der Waals surface area contributed by atoms with Gasteiger partial charge in [-0.25, -0.2) is 13.6 Å². The molecule has 0 heterocycles. The van der Waals surface area contributed by atoms with E-state index in [0.29, 0.717) is 12.1 Å². The molecule has 124 valence electrons. The molecule has 2 unspecified atom stereocenters. The summed E-state index contributed by atoms with van der Waals surface area (Å²) in [7, 11) is 0. The van der Waals surface area contributed by atoms with Crippen LogP contribution in [0.15, 0.2) is 18.2 Å². The van der Waals surface area contributed by atoms with Gasteiger partial charge in [0, 0.05) is 24.7 Å². The Bertz CT molecular complexity index is 495. The lowest BCUT2D eigenvalue weighted by Crippen LogP contribution is -2.42. The van der Waals surface area contributed by atoms with Crippen LogP contribution in [0.5, 0.6) is 0 Å². The second-order valence-corrected chi connectivity index (χ2v) is 6.37. The monoisotopic (exact) mass is 314 g/mol. The predicted molar refractivity (Wildman–Crippen MR) is 81.6 cm³/mol. The van der Waals surface area contributed by atoms with E-state index in [1.165, 1.54) is 12.1 Å². The van der Waals surface area contributed by atoms with Gasteiger partial charge in [-0.3, -0.25) is 0 Å². The van der Waals surface area contributed by atoms with Crippen molar-refractivity contribution < 1.29 is 18.3 Å². The lowest BCUT2D eigenvalue weighted by atomic mass is 10.1. The van der Waals surface area contributed by atoms with Gasteiger partial charge in [-0.15, -0.1) is 0 Å². The Balaban J connectivity index is 2.47. The number of benzene rings is 1. The summed E-state index contributed by atoms with van der Waals surface area (Å²) in [5, 5.41) is 5.81. The van der Waals surface area contributed by atoms with Crippen LogP contribution in [0, 0.1) is 11.6 Å². The average Bonchev–Trinajstić information content (AvgIpc) is 2.33. The van der Waals surface area contributed by atoms with Crippen molar-refractivity contribution in [3.8, 4) is 0 Å². The molecule has 0 aliphatic heterocycles. The zero-order chi connectivity index (χ0) is 16.9. The summed E-state index contributed by atoms with van der Waals surface area (Å²) in [5.74, 6) is -1.22. The first-order chi connectivity index (χ1) is 10.1. The minimum atomic E-state index is -0.608. The Morgan fingerprint density at radius 1 is 1.18 bits per heavy atom. The fraction of sp³-hybridized carbons (Fsp3) is 0.562. The number of halogens is 2. The maximum atomic E-state index is 13.2. The van der Waals surface area contributed by atoms with E-state index >= 15 is 0 Å². The summed E-state index contributed by atoms with van der Waals surface area (Å²) < 4.78 is 31.5. The first-order valence-corrected chi connectivity index (χ1v) is 7.25. The summed E-state index contributed by atoms with van der Waals surface area (Å²) in [6.07, 6.45) is -0.495. The van der Waals surface area contributed by atoms with E-state index < -0.39 is 23.3 Å². The summed E-state index contributed by atoms with van der Waals surface area (Å²) in [6, 6.07) is 3.07. The topological polar surface area (TPSA) is 50.4 Å². The van der Waals surface area contributed by atoms with Gasteiger partial charge < -0.3 is 15.4 Å². The Hall–Kier alpha value is -1.69. The zero-order valence-corrected chi connectivity index (χ0v) is 13.7. The average molecular weight is 314 g/mol. The maximum Gasteiger partial charge on any atom is 0.407 e. The SMILES string of the molecule is CC(CNC(=O)OC(C)(C)C)NC(C)c1cc(F)cc(F)c1. The molecule has 0 saturated carbocycles. The van der Waals surface area contributed by atoms with Crippen molar-refractivity contribution in [2.24, 2.45) is 0 Å². The summed E-state index contributed by atoms with van der Waals surface area (Å²) >= 11 is 0. The van der Waals surface area contributed by atoms with Crippen LogP contribution >= 0.6 is 0 Å². The van der Waals surface area contributed by atoms with Gasteiger partial charge in [0.15, 0.2) is 0 Å². The highest BCUT2D eigenvalue weighted by Crippen LogP contribution is 2.16. The van der Waals surface area contributed by atoms with Gasteiger partial charge in [-0.1, -0.05) is 0 Å². The van der Waals surface area contributed by atoms with Crippen molar-refractivity contribution in [3.05, 3.63) is 35.4 Å². The van der Waals surface area contributed by atoms with Crippen LogP contribution in [0.1, 0.15) is 46.2 Å². The van der Waals surface area contributed by atoms with E-state index in [2.05, 4.69) is 10.6 Å². The van der Waals surface area contributed by atoms with E-state index in [4.69, 9.17) is 4.74 Å². The highest BCUT2D eigenvalue weighted by molar-refractivity contribution is 5.67. The summed E-state index contributed by atoms with van der Waals surface area (Å²) in [6.45, 7) is 9.37. The molecule has 1 rings (SSSR count). The lowest BCUT2D eigenvalue weighted by Gasteiger charge is -2.23. The molecule has 6 heteroatoms. The molecule has 1 aromatic carbocycles. The second-order valence-electron chi connectivity index (χ2n) is 6.37. The Morgan fingerprint density at radius 2 is 1.73 bits per heavy atom. The van der Waals surface area contributed by atoms with Crippen LogP contribution < -0.4 is 10.6 Å². The molecule has 2 atom stereocenters. The van der Waals surface area contributed by atoms with Gasteiger partial charge in [-0.2, -0.15) is 0 Å². The van der Waals surface area contributed by atoms with Crippen LogP contribution in [0.25, 0.3) is 0 Å². The van der Waals surface area contributed by atoms with Crippen molar-refractivity contribution >= 4 is 6.09 Å². The fourth-order valence-corrected chi connectivity index (χ4v) is 1.96. The van der Waals surface area contributed by atoms with Crippen molar-refractivity contribution in [1.29, 1.82) is 0 Å². The molecule has 22 heavy (non-hydrogen) atoms. The number of hydrogen-bond donors (Lipinski definition) is 2. The molecule has 0 radical (unpaired) electrons. The summed E-state index contributed by atoms with van der Waals surface area (Å²) in [5.41, 5.74) is -0.0331. The number of alkyl carbamates (subject to hydrolysis) is 1. The number of amides is 1. The molecule has 0 bridgehead atoms. The van der Waals surface area contributed by atoms with Gasteiger partial charge in [0.1, 0.15) is 17.2 Å². The number of ether oxygens (including phenoxy) is 1. The van der Waals surface area contributed by atoms with E-state index in [1.807, 2.05) is 6.92 Å². The fourth-order valence-electron chi connectivity index (χ4n) is 1.96. The van der Waals surface area contributed by atoms with Crippen LogP contribution in [-0.4, -0.2) is 24.3 Å². The highest BCUT2D eigenvalue weighted by atomic mass is 19.1. The number of hydrogen-bond acceptors (Lipinski definition) is 3. The minimum absolute atomic E-state index is 0.0890. The molecular formula is C16H24F2N2O2. The third kappa shape index (κ3) is 6.85. The third-order valence-corrected chi connectivity index (χ3v) is 2.87. The molecular weight excluding hydrogens is 290 g/mol. The van der Waals surface area contributed by atoms with E-state index in [9.17, 15) is 13.6 Å². The number of carbonyl (C=O) groups is 1. The van der Waals surface area contributed by atoms with Crippen molar-refractivity contribution in [2.45, 2.75) is 52.3 Å².